The van der Waals surface area contributed by atoms with Crippen molar-refractivity contribution in [3.05, 3.63) is 157 Å². The third-order valence-electron chi connectivity index (χ3n) is 6.75. The summed E-state index contributed by atoms with van der Waals surface area (Å²) in [7, 11) is 0. The number of benzene rings is 5. The predicted octanol–water partition coefficient (Wildman–Crippen LogP) is 8.03. The summed E-state index contributed by atoms with van der Waals surface area (Å²) < 4.78 is 2.46. The van der Waals surface area contributed by atoms with Crippen LogP contribution in [-0.4, -0.2) is 10.9 Å². The number of anilines is 1. The summed E-state index contributed by atoms with van der Waals surface area (Å²) >= 11 is 0. The van der Waals surface area contributed by atoms with Crippen LogP contribution in [0.5, 0.6) is 0 Å². The summed E-state index contributed by atoms with van der Waals surface area (Å²) in [5, 5.41) is 0. The summed E-state index contributed by atoms with van der Waals surface area (Å²) in [6, 6.07) is 52.1. The van der Waals surface area contributed by atoms with E-state index < -0.39 is 0 Å². The predicted molar refractivity (Wildman–Crippen MR) is 145 cm³/mol. The Labute approximate surface area is 207 Å². The monoisotopic (exact) mass is 451 g/mol. The molecular weight excluding hydrogens is 424 g/mol. The zero-order valence-corrected chi connectivity index (χ0v) is 19.5. The highest BCUT2D eigenvalue weighted by Gasteiger charge is 2.46. The van der Waals surface area contributed by atoms with Gasteiger partial charge in [0.05, 0.1) is 0 Å². The molecule has 2 nitrogen and oxygen atoms in total. The maximum absolute atomic E-state index is 2.46. The zero-order valence-electron chi connectivity index (χ0n) is 19.5. The molecule has 5 aromatic carbocycles. The minimum atomic E-state index is 0.101. The third-order valence-corrected chi connectivity index (χ3v) is 6.75. The molecule has 0 saturated heterocycles. The van der Waals surface area contributed by atoms with E-state index in [9.17, 15) is 0 Å². The van der Waals surface area contributed by atoms with Crippen molar-refractivity contribution in [3.63, 3.8) is 0 Å². The third kappa shape index (κ3) is 4.04. The first-order valence-corrected chi connectivity index (χ1v) is 12.1. The highest BCUT2D eigenvalue weighted by Crippen LogP contribution is 2.46. The van der Waals surface area contributed by atoms with Crippen LogP contribution in [0.4, 0.5) is 11.4 Å². The molecule has 1 aliphatic heterocycles. The highest BCUT2D eigenvalue weighted by atomic mass is 15.3. The van der Waals surface area contributed by atoms with Crippen LogP contribution in [0, 0.1) is 0 Å². The molecule has 0 amide bonds. The topological polar surface area (TPSA) is 6.25 Å². The van der Waals surface area contributed by atoms with Gasteiger partial charge in [-0.2, -0.15) is 0 Å². The van der Waals surface area contributed by atoms with Gasteiger partial charge in [-0.15, -0.1) is 0 Å². The average molecular weight is 452 g/mol. The van der Waals surface area contributed by atoms with Gasteiger partial charge in [-0.1, -0.05) is 127 Å². The number of para-hydroxylation sites is 2. The molecule has 0 unspecified atom stereocenters. The van der Waals surface area contributed by atoms with Gasteiger partial charge in [0.1, 0.15) is 11.4 Å². The second-order valence-electron chi connectivity index (χ2n) is 8.86. The molecule has 0 saturated carbocycles. The molecule has 0 aromatic heterocycles. The molecule has 0 N–H and O–H groups in total. The van der Waals surface area contributed by atoms with E-state index in [0.717, 1.165) is 0 Å². The summed E-state index contributed by atoms with van der Waals surface area (Å²) in [6.07, 6.45) is 2.30. The largest absolute Gasteiger partial charge is 0.245 e. The molecule has 1 heterocycles. The van der Waals surface area contributed by atoms with E-state index in [2.05, 4.69) is 161 Å². The Balaban J connectivity index is 1.59. The van der Waals surface area contributed by atoms with Crippen LogP contribution in [-0.2, 0) is 0 Å². The first-order chi connectivity index (χ1) is 17.4. The van der Waals surface area contributed by atoms with E-state index in [1.165, 1.54) is 33.6 Å². The van der Waals surface area contributed by atoms with Crippen molar-refractivity contribution in [1.29, 1.82) is 0 Å². The Morgan fingerprint density at radius 3 is 1.66 bits per heavy atom. The van der Waals surface area contributed by atoms with E-state index in [1.807, 2.05) is 0 Å². The molecule has 5 aromatic rings. The molecule has 0 fully saturated rings. The van der Waals surface area contributed by atoms with Gasteiger partial charge >= 0.3 is 0 Å². The van der Waals surface area contributed by atoms with Gasteiger partial charge < -0.3 is 0 Å². The standard InChI is InChI=1S/C33H27N2/c1-5-15-26(16-6-1)30-23-13-14-24-31(30)35-25-34(29-21-11-4-12-22-29)32(27-17-7-2-8-18-27)33(35)28-19-9-3-10-20-28/h1-25,32-33H/q+1/t32-,33-/m0/s1. The first kappa shape index (κ1) is 21.1. The molecule has 0 bridgehead atoms. The van der Waals surface area contributed by atoms with E-state index in [0.29, 0.717) is 0 Å². The summed E-state index contributed by atoms with van der Waals surface area (Å²) in [5.41, 5.74) is 7.42. The second-order valence-corrected chi connectivity index (χ2v) is 8.86. The van der Waals surface area contributed by atoms with Gasteiger partial charge in [0.25, 0.3) is 0 Å². The van der Waals surface area contributed by atoms with Crippen molar-refractivity contribution in [1.82, 2.24) is 0 Å². The summed E-state index contributed by atoms with van der Waals surface area (Å²) in [4.78, 5) is 2.43. The van der Waals surface area contributed by atoms with E-state index in [-0.39, 0.29) is 12.1 Å². The van der Waals surface area contributed by atoms with Crippen molar-refractivity contribution in [2.45, 2.75) is 12.1 Å². The Morgan fingerprint density at radius 1 is 0.486 bits per heavy atom. The second kappa shape index (κ2) is 9.44. The van der Waals surface area contributed by atoms with Crippen molar-refractivity contribution >= 4 is 17.7 Å². The lowest BCUT2D eigenvalue weighted by atomic mass is 9.92. The number of hydrogen-bond acceptors (Lipinski definition) is 1. The van der Waals surface area contributed by atoms with Crippen LogP contribution < -0.4 is 4.90 Å². The fourth-order valence-electron chi connectivity index (χ4n) is 5.17. The molecule has 0 spiro atoms. The fraction of sp³-hybridized carbons (Fsp3) is 0.0606. The Hall–Kier alpha value is -4.43. The van der Waals surface area contributed by atoms with E-state index in [4.69, 9.17) is 0 Å². The zero-order chi connectivity index (χ0) is 23.5. The van der Waals surface area contributed by atoms with E-state index >= 15 is 0 Å². The lowest BCUT2D eigenvalue weighted by Crippen LogP contribution is -2.26. The minimum absolute atomic E-state index is 0.101. The SMILES string of the molecule is C1=[N+](c2ccccc2-c2ccccc2)[C@@H](c2ccccc2)[C@H](c2ccccc2)N1c1ccccc1. The van der Waals surface area contributed by atoms with Crippen molar-refractivity contribution < 1.29 is 4.58 Å². The highest BCUT2D eigenvalue weighted by molar-refractivity contribution is 5.82. The number of rotatable bonds is 5. The lowest BCUT2D eigenvalue weighted by Gasteiger charge is -2.24. The number of hydrogen-bond donors (Lipinski definition) is 0. The van der Waals surface area contributed by atoms with Crippen molar-refractivity contribution in [2.24, 2.45) is 0 Å². The Morgan fingerprint density at radius 2 is 1.00 bits per heavy atom. The van der Waals surface area contributed by atoms with Crippen LogP contribution in [0.2, 0.25) is 0 Å². The lowest BCUT2D eigenvalue weighted by molar-refractivity contribution is -0.480. The van der Waals surface area contributed by atoms with Crippen molar-refractivity contribution in [2.75, 3.05) is 4.90 Å². The first-order valence-electron chi connectivity index (χ1n) is 12.1. The van der Waals surface area contributed by atoms with Crippen LogP contribution in [0.1, 0.15) is 23.2 Å². The van der Waals surface area contributed by atoms with Crippen molar-refractivity contribution in [3.8, 4) is 11.1 Å². The molecule has 168 valence electrons. The molecule has 0 radical (unpaired) electrons. The Kier molecular flexibility index (Phi) is 5.70. The smallest absolute Gasteiger partial charge is 0.222 e. The van der Waals surface area contributed by atoms with Crippen LogP contribution in [0.15, 0.2) is 146 Å². The van der Waals surface area contributed by atoms with Gasteiger partial charge in [0.15, 0.2) is 12.1 Å². The molecule has 2 heteroatoms. The van der Waals surface area contributed by atoms with E-state index in [1.54, 1.807) is 0 Å². The van der Waals surface area contributed by atoms with Gasteiger partial charge in [-0.25, -0.2) is 9.48 Å². The van der Waals surface area contributed by atoms with Crippen LogP contribution in [0.3, 0.4) is 0 Å². The summed E-state index contributed by atoms with van der Waals surface area (Å²) in [5.74, 6) is 0. The molecule has 1 aliphatic rings. The maximum atomic E-state index is 2.46. The molecule has 6 rings (SSSR count). The van der Waals surface area contributed by atoms with Crippen LogP contribution in [0.25, 0.3) is 11.1 Å². The average Bonchev–Trinajstić information content (AvgIpc) is 3.36. The normalized spacial score (nSPS) is 17.3. The van der Waals surface area contributed by atoms with Crippen LogP contribution >= 0.6 is 0 Å². The minimum Gasteiger partial charge on any atom is -0.222 e. The fourth-order valence-corrected chi connectivity index (χ4v) is 5.17. The maximum Gasteiger partial charge on any atom is 0.245 e. The Bertz CT molecular complexity index is 1430. The molecular formula is C33H27N2+. The van der Waals surface area contributed by atoms with Gasteiger partial charge in [-0.3, -0.25) is 0 Å². The van der Waals surface area contributed by atoms with Gasteiger partial charge in [-0.05, 0) is 23.8 Å². The molecule has 2 atom stereocenters. The van der Waals surface area contributed by atoms with Gasteiger partial charge in [0.2, 0.25) is 6.34 Å². The van der Waals surface area contributed by atoms with Gasteiger partial charge in [0, 0.05) is 16.7 Å². The molecule has 0 aliphatic carbocycles. The number of nitrogens with zero attached hydrogens (tertiary/aromatic N) is 2. The summed E-state index contributed by atoms with van der Waals surface area (Å²) in [6.45, 7) is 0. The molecule has 35 heavy (non-hydrogen) atoms. The quantitative estimate of drug-likeness (QED) is 0.245.